The van der Waals surface area contributed by atoms with Gasteiger partial charge in [-0.2, -0.15) is 5.26 Å². The zero-order chi connectivity index (χ0) is 38.3. The van der Waals surface area contributed by atoms with Crippen LogP contribution in [0.3, 0.4) is 0 Å². The second kappa shape index (κ2) is 17.8. The molecule has 2 saturated heterocycles. The van der Waals surface area contributed by atoms with E-state index < -0.39 is 18.2 Å². The normalized spacial score (nSPS) is 17.9. The van der Waals surface area contributed by atoms with Gasteiger partial charge in [-0.15, -0.1) is 0 Å². The Kier molecular flexibility index (Phi) is 12.5. The number of ether oxygens (including phenoxy) is 2. The van der Waals surface area contributed by atoms with Gasteiger partial charge in [0.2, 0.25) is 0 Å². The highest BCUT2D eigenvalue weighted by atomic mass is 35.5. The SMILES string of the molecule is Cc1c(COc2cc(OCc3cncc(C#N)c3)c(CN3CCCCC3C(=O)O)cc2Cl)cccc1-c1cccc2c1CCN2CCCN1CCC(F)CC1. The van der Waals surface area contributed by atoms with Crippen molar-refractivity contribution in [2.45, 2.75) is 83.8 Å². The van der Waals surface area contributed by atoms with Crippen LogP contribution in [0.4, 0.5) is 10.1 Å². The van der Waals surface area contributed by atoms with Gasteiger partial charge in [0.15, 0.2) is 0 Å². The molecule has 2 fully saturated rings. The summed E-state index contributed by atoms with van der Waals surface area (Å²) >= 11 is 6.89. The number of hydrogen-bond donors (Lipinski definition) is 1. The van der Waals surface area contributed by atoms with Crippen molar-refractivity contribution in [3.8, 4) is 28.7 Å². The zero-order valence-corrected chi connectivity index (χ0v) is 32.2. The van der Waals surface area contributed by atoms with Crippen molar-refractivity contribution in [3.63, 3.8) is 0 Å². The first-order valence-corrected chi connectivity index (χ1v) is 19.9. The van der Waals surface area contributed by atoms with Crippen LogP contribution in [0.5, 0.6) is 11.5 Å². The number of alkyl halides is 1. The molecule has 11 heteroatoms. The van der Waals surface area contributed by atoms with Crippen LogP contribution in [-0.4, -0.2) is 77.3 Å². The Morgan fingerprint density at radius 3 is 2.56 bits per heavy atom. The van der Waals surface area contributed by atoms with Crippen molar-refractivity contribution in [1.29, 1.82) is 5.26 Å². The molecule has 3 aromatic carbocycles. The zero-order valence-electron chi connectivity index (χ0n) is 31.5. The summed E-state index contributed by atoms with van der Waals surface area (Å²) in [5.74, 6) is 0.175. The van der Waals surface area contributed by atoms with Crippen molar-refractivity contribution in [2.75, 3.05) is 44.2 Å². The van der Waals surface area contributed by atoms with Crippen LogP contribution in [0.2, 0.25) is 5.02 Å². The Balaban J connectivity index is 1.07. The predicted octanol–water partition coefficient (Wildman–Crippen LogP) is 8.37. The quantitative estimate of drug-likeness (QED) is 0.136. The van der Waals surface area contributed by atoms with E-state index in [0.29, 0.717) is 61.0 Å². The number of fused-ring (bicyclic) bond motifs is 1. The molecule has 4 heterocycles. The minimum atomic E-state index is -0.828. The van der Waals surface area contributed by atoms with Gasteiger partial charge in [-0.25, -0.2) is 4.39 Å². The molecule has 1 N–H and O–H groups in total. The third-order valence-electron chi connectivity index (χ3n) is 11.4. The molecule has 3 aliphatic rings. The summed E-state index contributed by atoms with van der Waals surface area (Å²) in [7, 11) is 0. The molecule has 1 atom stereocenters. The number of nitrogens with zero attached hydrogens (tertiary/aromatic N) is 5. The van der Waals surface area contributed by atoms with Crippen LogP contribution < -0.4 is 14.4 Å². The minimum absolute atomic E-state index is 0.165. The summed E-state index contributed by atoms with van der Waals surface area (Å²) < 4.78 is 26.4. The summed E-state index contributed by atoms with van der Waals surface area (Å²) in [6.07, 6.45) is 8.29. The number of carboxylic acid groups (broad SMARTS) is 1. The Hall–Kier alpha value is -4.69. The average molecular weight is 766 g/mol. The second-order valence-electron chi connectivity index (χ2n) is 15.0. The summed E-state index contributed by atoms with van der Waals surface area (Å²) in [5, 5.41) is 19.7. The van der Waals surface area contributed by atoms with Crippen LogP contribution >= 0.6 is 11.6 Å². The van der Waals surface area contributed by atoms with Gasteiger partial charge in [-0.1, -0.05) is 48.4 Å². The van der Waals surface area contributed by atoms with E-state index in [1.54, 1.807) is 18.3 Å². The molecule has 1 unspecified atom stereocenters. The van der Waals surface area contributed by atoms with Gasteiger partial charge in [-0.3, -0.25) is 14.7 Å². The van der Waals surface area contributed by atoms with Crippen LogP contribution in [-0.2, 0) is 31.0 Å². The lowest BCUT2D eigenvalue weighted by molar-refractivity contribution is -0.144. The molecule has 7 rings (SSSR count). The lowest BCUT2D eigenvalue weighted by Crippen LogP contribution is -2.44. The van der Waals surface area contributed by atoms with Crippen LogP contribution in [0.1, 0.15) is 71.9 Å². The fourth-order valence-electron chi connectivity index (χ4n) is 8.29. The maximum absolute atomic E-state index is 13.6. The van der Waals surface area contributed by atoms with Crippen molar-refractivity contribution < 1.29 is 23.8 Å². The molecule has 0 aliphatic carbocycles. The number of benzene rings is 3. The molecule has 0 amide bonds. The lowest BCUT2D eigenvalue weighted by atomic mass is 9.92. The van der Waals surface area contributed by atoms with Crippen LogP contribution in [0, 0.1) is 18.3 Å². The molecule has 0 radical (unpaired) electrons. The highest BCUT2D eigenvalue weighted by Crippen LogP contribution is 2.39. The third-order valence-corrected chi connectivity index (χ3v) is 11.7. The third kappa shape index (κ3) is 9.24. The molecule has 55 heavy (non-hydrogen) atoms. The maximum Gasteiger partial charge on any atom is 0.320 e. The van der Waals surface area contributed by atoms with Crippen LogP contribution in [0.25, 0.3) is 11.1 Å². The molecule has 9 nitrogen and oxygen atoms in total. The number of piperidine rings is 2. The Bertz CT molecular complexity index is 2030. The van der Waals surface area contributed by atoms with E-state index in [0.717, 1.165) is 80.7 Å². The number of nitriles is 1. The van der Waals surface area contributed by atoms with Gasteiger partial charge in [-0.05, 0) is 105 Å². The van der Waals surface area contributed by atoms with Crippen molar-refractivity contribution in [2.24, 2.45) is 0 Å². The summed E-state index contributed by atoms with van der Waals surface area (Å²) in [6.45, 7) is 8.34. The van der Waals surface area contributed by atoms with E-state index >= 15 is 0 Å². The van der Waals surface area contributed by atoms with Crippen molar-refractivity contribution in [3.05, 3.63) is 105 Å². The molecular weight excluding hydrogens is 717 g/mol. The number of aliphatic carboxylic acids is 1. The van der Waals surface area contributed by atoms with E-state index in [1.165, 1.54) is 28.6 Å². The average Bonchev–Trinajstić information content (AvgIpc) is 3.62. The van der Waals surface area contributed by atoms with Gasteiger partial charge in [0.1, 0.15) is 43.0 Å². The van der Waals surface area contributed by atoms with E-state index in [2.05, 4.69) is 64.2 Å². The number of halogens is 2. The number of carboxylic acids is 1. The standard InChI is InChI=1S/C44H49ClFN5O4/c1-30-33(7-4-8-36(30)37-9-5-11-40-38(37)14-20-50(40)17-6-15-49-18-12-35(46)13-19-49)29-55-43-23-42(54-28-32-21-31(24-47)25-48-26-32)34(22-39(43)45)27-51-16-3-2-10-41(51)44(52)53/h4-5,7-9,11,21-23,25-26,35,41H,2-3,6,10,12-20,27-29H2,1H3,(H,52,53). The Morgan fingerprint density at radius 1 is 0.945 bits per heavy atom. The van der Waals surface area contributed by atoms with Gasteiger partial charge in [0.25, 0.3) is 0 Å². The Labute approximate surface area is 328 Å². The fraction of sp³-hybridized carbons (Fsp3) is 0.432. The number of carbonyl (C=O) groups is 1. The molecule has 4 aromatic rings. The summed E-state index contributed by atoms with van der Waals surface area (Å²) in [4.78, 5) is 23.1. The van der Waals surface area contributed by atoms with E-state index in [-0.39, 0.29) is 6.61 Å². The monoisotopic (exact) mass is 765 g/mol. The molecular formula is C44H49ClFN5O4. The van der Waals surface area contributed by atoms with Crippen molar-refractivity contribution >= 4 is 23.3 Å². The van der Waals surface area contributed by atoms with Gasteiger partial charge in [0.05, 0.1) is 10.6 Å². The minimum Gasteiger partial charge on any atom is -0.488 e. The number of anilines is 1. The van der Waals surface area contributed by atoms with E-state index in [1.807, 2.05) is 11.0 Å². The topological polar surface area (TPSA) is 102 Å². The highest BCUT2D eigenvalue weighted by molar-refractivity contribution is 6.32. The number of aromatic nitrogens is 1. The highest BCUT2D eigenvalue weighted by Gasteiger charge is 2.30. The second-order valence-corrected chi connectivity index (χ2v) is 15.4. The fourth-order valence-corrected chi connectivity index (χ4v) is 8.54. The van der Waals surface area contributed by atoms with Crippen molar-refractivity contribution in [1.82, 2.24) is 14.8 Å². The smallest absolute Gasteiger partial charge is 0.320 e. The summed E-state index contributed by atoms with van der Waals surface area (Å²) in [6, 6.07) is 19.8. The number of pyridine rings is 1. The maximum atomic E-state index is 13.6. The van der Waals surface area contributed by atoms with E-state index in [4.69, 9.17) is 21.1 Å². The molecule has 0 saturated carbocycles. The largest absolute Gasteiger partial charge is 0.488 e. The molecule has 288 valence electrons. The number of likely N-dealkylation sites (tertiary alicyclic amines) is 2. The molecule has 1 aromatic heterocycles. The number of hydrogen-bond acceptors (Lipinski definition) is 8. The number of rotatable bonds is 14. The lowest BCUT2D eigenvalue weighted by Gasteiger charge is -2.33. The first kappa shape index (κ1) is 38.6. The first-order chi connectivity index (χ1) is 26.8. The summed E-state index contributed by atoms with van der Waals surface area (Å²) in [5.41, 5.74) is 9.23. The first-order valence-electron chi connectivity index (χ1n) is 19.5. The molecule has 3 aliphatic heterocycles. The molecule has 0 bridgehead atoms. The van der Waals surface area contributed by atoms with E-state index in [9.17, 15) is 19.6 Å². The Morgan fingerprint density at radius 2 is 1.75 bits per heavy atom. The predicted molar refractivity (Wildman–Crippen MR) is 212 cm³/mol. The van der Waals surface area contributed by atoms with Crippen LogP contribution in [0.15, 0.2) is 67.0 Å². The molecule has 0 spiro atoms. The van der Waals surface area contributed by atoms with Gasteiger partial charge >= 0.3 is 5.97 Å². The van der Waals surface area contributed by atoms with Gasteiger partial charge in [0, 0.05) is 68.0 Å². The van der Waals surface area contributed by atoms with Gasteiger partial charge < -0.3 is 24.4 Å².